The molecular weight excluding hydrogens is 262 g/mol. The van der Waals surface area contributed by atoms with Gasteiger partial charge in [-0.1, -0.05) is 51.8 Å². The van der Waals surface area contributed by atoms with Gasteiger partial charge in [0.05, 0.1) is 0 Å². The van der Waals surface area contributed by atoms with E-state index in [9.17, 15) is 0 Å². The molecule has 0 saturated carbocycles. The Balaban J connectivity index is 2.53. The molecule has 0 saturated heterocycles. The van der Waals surface area contributed by atoms with Crippen molar-refractivity contribution in [3.8, 4) is 11.1 Å². The molecule has 82 valence electrons. The number of halogens is 1. The second-order valence-corrected chi connectivity index (χ2v) is 4.79. The minimum Gasteiger partial charge on any atom is -0.326 e. The lowest BCUT2D eigenvalue weighted by atomic mass is 9.98. The van der Waals surface area contributed by atoms with Gasteiger partial charge in [-0.3, -0.25) is 0 Å². The summed E-state index contributed by atoms with van der Waals surface area (Å²) in [5.41, 5.74) is 10.7. The second-order valence-electron chi connectivity index (χ2n) is 3.87. The van der Waals surface area contributed by atoms with E-state index in [4.69, 9.17) is 5.73 Å². The maximum absolute atomic E-state index is 5.76. The van der Waals surface area contributed by atoms with Crippen LogP contribution in [0.2, 0.25) is 0 Å². The highest BCUT2D eigenvalue weighted by Crippen LogP contribution is 2.26. The van der Waals surface area contributed by atoms with Gasteiger partial charge in [0.1, 0.15) is 0 Å². The van der Waals surface area contributed by atoms with Crippen molar-refractivity contribution in [2.24, 2.45) is 5.73 Å². The number of hydrogen-bond acceptors (Lipinski definition) is 1. The van der Waals surface area contributed by atoms with Crippen molar-refractivity contribution in [1.29, 1.82) is 0 Å². The largest absolute Gasteiger partial charge is 0.326 e. The van der Waals surface area contributed by atoms with Crippen molar-refractivity contribution in [1.82, 2.24) is 0 Å². The summed E-state index contributed by atoms with van der Waals surface area (Å²) < 4.78 is 1.10. The predicted molar refractivity (Wildman–Crippen MR) is 72.2 cm³/mol. The highest BCUT2D eigenvalue weighted by molar-refractivity contribution is 9.10. The first-order valence-electron chi connectivity index (χ1n) is 5.26. The third-order valence-corrected chi connectivity index (χ3v) is 3.17. The van der Waals surface area contributed by atoms with E-state index in [1.54, 1.807) is 0 Å². The lowest BCUT2D eigenvalue weighted by Crippen LogP contribution is -1.99. The zero-order valence-corrected chi connectivity index (χ0v) is 10.8. The standard InChI is InChI=1S/C14H14BrN/c1-10-2-3-12(9-16)14(8-10)11-4-6-13(15)7-5-11/h2-8H,9,16H2,1H3. The Morgan fingerprint density at radius 2 is 1.75 bits per heavy atom. The van der Waals surface area contributed by atoms with Crippen LogP contribution in [0.1, 0.15) is 11.1 Å². The van der Waals surface area contributed by atoms with Gasteiger partial charge in [-0.2, -0.15) is 0 Å². The third-order valence-electron chi connectivity index (χ3n) is 2.64. The van der Waals surface area contributed by atoms with Crippen LogP contribution in [0.4, 0.5) is 0 Å². The summed E-state index contributed by atoms with van der Waals surface area (Å²) in [6.45, 7) is 2.67. The molecule has 16 heavy (non-hydrogen) atoms. The molecule has 1 nitrogen and oxygen atoms in total. The zero-order chi connectivity index (χ0) is 11.5. The molecule has 0 aliphatic carbocycles. The molecular formula is C14H14BrN. The number of rotatable bonds is 2. The SMILES string of the molecule is Cc1ccc(CN)c(-c2ccc(Br)cc2)c1. The van der Waals surface area contributed by atoms with E-state index in [1.807, 2.05) is 0 Å². The molecule has 0 unspecified atom stereocenters. The molecule has 0 bridgehead atoms. The quantitative estimate of drug-likeness (QED) is 0.885. The average Bonchev–Trinajstić information content (AvgIpc) is 2.30. The van der Waals surface area contributed by atoms with Gasteiger partial charge in [0, 0.05) is 11.0 Å². The Morgan fingerprint density at radius 1 is 1.06 bits per heavy atom. The molecule has 2 heteroatoms. The molecule has 0 aliphatic rings. The summed E-state index contributed by atoms with van der Waals surface area (Å²) in [5.74, 6) is 0. The summed E-state index contributed by atoms with van der Waals surface area (Å²) in [7, 11) is 0. The van der Waals surface area contributed by atoms with Crippen LogP contribution in [0.15, 0.2) is 46.9 Å². The number of aryl methyl sites for hydroxylation is 1. The van der Waals surface area contributed by atoms with Gasteiger partial charge < -0.3 is 5.73 Å². The van der Waals surface area contributed by atoms with Crippen molar-refractivity contribution in [2.75, 3.05) is 0 Å². The highest BCUT2D eigenvalue weighted by atomic mass is 79.9. The van der Waals surface area contributed by atoms with Gasteiger partial charge in [0.25, 0.3) is 0 Å². The summed E-state index contributed by atoms with van der Waals surface area (Å²) in [4.78, 5) is 0. The van der Waals surface area contributed by atoms with Crippen LogP contribution in [0.25, 0.3) is 11.1 Å². The van der Waals surface area contributed by atoms with Crippen molar-refractivity contribution >= 4 is 15.9 Å². The smallest absolute Gasteiger partial charge is 0.0184 e. The Kier molecular flexibility index (Phi) is 3.42. The first-order chi connectivity index (χ1) is 7.70. The predicted octanol–water partition coefficient (Wildman–Crippen LogP) is 3.88. The average molecular weight is 276 g/mol. The van der Waals surface area contributed by atoms with Crippen LogP contribution in [0.5, 0.6) is 0 Å². The number of hydrogen-bond donors (Lipinski definition) is 1. The Bertz CT molecular complexity index is 489. The van der Waals surface area contributed by atoms with Crippen LogP contribution >= 0.6 is 15.9 Å². The molecule has 0 radical (unpaired) electrons. The van der Waals surface area contributed by atoms with Gasteiger partial charge in [0.2, 0.25) is 0 Å². The first-order valence-corrected chi connectivity index (χ1v) is 6.05. The summed E-state index contributed by atoms with van der Waals surface area (Å²) in [5, 5.41) is 0. The van der Waals surface area contributed by atoms with Gasteiger partial charge in [0.15, 0.2) is 0 Å². The van der Waals surface area contributed by atoms with E-state index in [-0.39, 0.29) is 0 Å². The maximum atomic E-state index is 5.76. The molecule has 0 aliphatic heterocycles. The summed E-state index contributed by atoms with van der Waals surface area (Å²) >= 11 is 3.44. The van der Waals surface area contributed by atoms with Crippen molar-refractivity contribution < 1.29 is 0 Å². The Hall–Kier alpha value is -1.12. The molecule has 0 aromatic heterocycles. The van der Waals surface area contributed by atoms with Crippen LogP contribution < -0.4 is 5.73 Å². The molecule has 0 spiro atoms. The van der Waals surface area contributed by atoms with Crippen molar-refractivity contribution in [3.63, 3.8) is 0 Å². The molecule has 2 rings (SSSR count). The second kappa shape index (κ2) is 4.81. The fraction of sp³-hybridized carbons (Fsp3) is 0.143. The van der Waals surface area contributed by atoms with E-state index in [1.165, 1.54) is 22.3 Å². The molecule has 0 fully saturated rings. The number of benzene rings is 2. The minimum absolute atomic E-state index is 0.575. The number of nitrogens with two attached hydrogens (primary N) is 1. The molecule has 0 heterocycles. The van der Waals surface area contributed by atoms with E-state index in [0.29, 0.717) is 6.54 Å². The molecule has 0 amide bonds. The maximum Gasteiger partial charge on any atom is 0.0184 e. The Labute approximate surface area is 104 Å². The topological polar surface area (TPSA) is 26.0 Å². The lowest BCUT2D eigenvalue weighted by Gasteiger charge is -2.09. The fourth-order valence-electron chi connectivity index (χ4n) is 1.77. The molecule has 2 aromatic carbocycles. The van der Waals surface area contributed by atoms with Crippen LogP contribution in [0, 0.1) is 6.92 Å². The monoisotopic (exact) mass is 275 g/mol. The third kappa shape index (κ3) is 2.34. The van der Waals surface area contributed by atoms with E-state index in [2.05, 4.69) is 65.3 Å². The van der Waals surface area contributed by atoms with Gasteiger partial charge in [-0.25, -0.2) is 0 Å². The zero-order valence-electron chi connectivity index (χ0n) is 9.20. The van der Waals surface area contributed by atoms with Crippen LogP contribution in [-0.2, 0) is 6.54 Å². The van der Waals surface area contributed by atoms with Crippen LogP contribution in [-0.4, -0.2) is 0 Å². The molecule has 0 atom stereocenters. The normalized spacial score (nSPS) is 10.4. The molecule has 2 N–H and O–H groups in total. The lowest BCUT2D eigenvalue weighted by molar-refractivity contribution is 1.07. The summed E-state index contributed by atoms with van der Waals surface area (Å²) in [6, 6.07) is 14.7. The van der Waals surface area contributed by atoms with E-state index >= 15 is 0 Å². The van der Waals surface area contributed by atoms with E-state index in [0.717, 1.165) is 4.47 Å². The van der Waals surface area contributed by atoms with Crippen molar-refractivity contribution in [2.45, 2.75) is 13.5 Å². The highest BCUT2D eigenvalue weighted by Gasteiger charge is 2.03. The van der Waals surface area contributed by atoms with Crippen LogP contribution in [0.3, 0.4) is 0 Å². The Morgan fingerprint density at radius 3 is 2.38 bits per heavy atom. The van der Waals surface area contributed by atoms with Gasteiger partial charge in [-0.05, 0) is 35.7 Å². The molecule has 2 aromatic rings. The van der Waals surface area contributed by atoms with E-state index < -0.39 is 0 Å². The van der Waals surface area contributed by atoms with Gasteiger partial charge in [-0.15, -0.1) is 0 Å². The fourth-order valence-corrected chi connectivity index (χ4v) is 2.03. The minimum atomic E-state index is 0.575. The summed E-state index contributed by atoms with van der Waals surface area (Å²) in [6.07, 6.45) is 0. The first kappa shape index (κ1) is 11.4. The van der Waals surface area contributed by atoms with Crippen molar-refractivity contribution in [3.05, 3.63) is 58.1 Å². The van der Waals surface area contributed by atoms with Gasteiger partial charge >= 0.3 is 0 Å².